The van der Waals surface area contributed by atoms with E-state index in [9.17, 15) is 9.90 Å². The van der Waals surface area contributed by atoms with E-state index in [-0.39, 0.29) is 78.5 Å². The number of ketones is 1. The fourth-order valence-corrected chi connectivity index (χ4v) is 12.3. The van der Waals surface area contributed by atoms with Crippen molar-refractivity contribution in [1.82, 2.24) is 10.2 Å². The molecule has 19 atom stereocenters. The van der Waals surface area contributed by atoms with Crippen molar-refractivity contribution in [3.8, 4) is 5.75 Å². The number of hydrogen-bond acceptors (Lipinski definition) is 14. The number of methoxy groups -OCH3 is 4. The first-order valence-electron chi connectivity index (χ1n) is 23.7. The number of likely N-dealkylation sites (N-methyl/N-ethyl adjacent to an activating group) is 1. The molecule has 0 radical (unpaired) electrons. The summed E-state index contributed by atoms with van der Waals surface area (Å²) in [6, 6.07) is 7.74. The highest BCUT2D eigenvalue weighted by Crippen LogP contribution is 2.57. The van der Waals surface area contributed by atoms with Gasteiger partial charge in [-0.3, -0.25) is 9.59 Å². The van der Waals surface area contributed by atoms with Crippen LogP contribution in [0.4, 0.5) is 0 Å². The summed E-state index contributed by atoms with van der Waals surface area (Å²) in [6.45, 7) is 8.55. The van der Waals surface area contributed by atoms with E-state index in [2.05, 4.69) is 37.3 Å². The van der Waals surface area contributed by atoms with Gasteiger partial charge in [-0.15, -0.1) is 0 Å². The molecule has 3 saturated heterocycles. The maximum atomic E-state index is 15.2. The molecular formula is C49H76N2O12. The van der Waals surface area contributed by atoms with E-state index in [1.54, 1.807) is 28.4 Å². The number of benzene rings is 1. The lowest BCUT2D eigenvalue weighted by atomic mass is 9.62. The van der Waals surface area contributed by atoms with Crippen LogP contribution in [0.2, 0.25) is 0 Å². The molecule has 3 aliphatic heterocycles. The van der Waals surface area contributed by atoms with Gasteiger partial charge in [-0.2, -0.15) is 0 Å². The monoisotopic (exact) mass is 885 g/mol. The van der Waals surface area contributed by atoms with Crippen LogP contribution in [0.1, 0.15) is 91.0 Å². The number of fused-ring (bicyclic) bond motifs is 5. The number of allylic oxidation sites excluding steroid dienone is 2. The molecule has 2 saturated carbocycles. The van der Waals surface area contributed by atoms with Gasteiger partial charge in [-0.25, -0.2) is 0 Å². The molecule has 2 N–H and O–H groups in total. The van der Waals surface area contributed by atoms with Crippen molar-refractivity contribution in [2.45, 2.75) is 172 Å². The molecule has 354 valence electrons. The van der Waals surface area contributed by atoms with Crippen LogP contribution in [-0.4, -0.2) is 144 Å². The summed E-state index contributed by atoms with van der Waals surface area (Å²) < 4.78 is 55.7. The molecule has 7 rings (SSSR count). The third kappa shape index (κ3) is 10.4. The molecule has 1 aromatic rings. The molecule has 3 unspecified atom stereocenters. The molecule has 1 aromatic carbocycles. The number of aliphatic hydroxyl groups excluding tert-OH is 1. The van der Waals surface area contributed by atoms with Crippen molar-refractivity contribution in [1.29, 1.82) is 0 Å². The van der Waals surface area contributed by atoms with Crippen molar-refractivity contribution >= 4 is 11.8 Å². The zero-order valence-electron chi connectivity index (χ0n) is 39.3. The molecule has 14 heteroatoms. The summed E-state index contributed by atoms with van der Waals surface area (Å²) in [6.07, 6.45) is 3.51. The van der Waals surface area contributed by atoms with Crippen LogP contribution in [0.15, 0.2) is 35.9 Å². The van der Waals surface area contributed by atoms with E-state index < -0.39 is 48.8 Å². The first-order valence-corrected chi connectivity index (χ1v) is 23.7. The molecule has 0 aromatic heterocycles. The molecule has 3 aliphatic carbocycles. The molecule has 0 bridgehead atoms. The maximum absolute atomic E-state index is 15.2. The lowest BCUT2D eigenvalue weighted by Gasteiger charge is -2.47. The quantitative estimate of drug-likeness (QED) is 0.241. The number of esters is 1. The zero-order chi connectivity index (χ0) is 45.1. The van der Waals surface area contributed by atoms with E-state index in [0.717, 1.165) is 30.6 Å². The number of carbonyl (C=O) groups is 2. The lowest BCUT2D eigenvalue weighted by Crippen LogP contribution is -2.59. The number of nitrogens with one attached hydrogen (secondary N) is 1. The average molecular weight is 885 g/mol. The molecule has 63 heavy (non-hydrogen) atoms. The van der Waals surface area contributed by atoms with Gasteiger partial charge in [0.25, 0.3) is 0 Å². The fraction of sp³-hybridized carbons (Fsp3) is 0.796. The molecule has 3 heterocycles. The van der Waals surface area contributed by atoms with E-state index in [0.29, 0.717) is 50.3 Å². The summed E-state index contributed by atoms with van der Waals surface area (Å²) in [5, 5.41) is 16.4. The summed E-state index contributed by atoms with van der Waals surface area (Å²) >= 11 is 0. The van der Waals surface area contributed by atoms with Crippen molar-refractivity contribution in [3.05, 3.63) is 41.5 Å². The SMILES string of the molecule is CC[C@H]1CCC[C@H](O[C@H]2CC[C@H](N(C)C)C(C)O2)[C@@H](C)C(=O)C2=C[C@H]3[C@@H]4C[C@H](O[C@@H]5OC(C)[C@H](OC)[C@@H](OC)C5OC)C[C@H]4[C@@H](O)[C@H](NCc4ccc(OC)cc4)[C@H]3[C@@H]2CC(=O)O1. The fourth-order valence-electron chi connectivity index (χ4n) is 12.3. The van der Waals surface area contributed by atoms with Crippen LogP contribution in [-0.2, 0) is 54.0 Å². The molecular weight excluding hydrogens is 809 g/mol. The second-order valence-electron chi connectivity index (χ2n) is 19.4. The summed E-state index contributed by atoms with van der Waals surface area (Å²) in [5.41, 5.74) is 1.68. The predicted octanol–water partition coefficient (Wildman–Crippen LogP) is 5.46. The molecule has 14 nitrogen and oxygen atoms in total. The molecule has 0 spiro atoms. The van der Waals surface area contributed by atoms with Crippen molar-refractivity contribution in [2.24, 2.45) is 35.5 Å². The molecule has 5 fully saturated rings. The van der Waals surface area contributed by atoms with Crippen LogP contribution >= 0.6 is 0 Å². The Labute approximate surface area is 375 Å². The van der Waals surface area contributed by atoms with E-state index >= 15 is 4.79 Å². The third-order valence-electron chi connectivity index (χ3n) is 15.6. The van der Waals surface area contributed by atoms with Gasteiger partial charge >= 0.3 is 5.97 Å². The van der Waals surface area contributed by atoms with Gasteiger partial charge in [-0.1, -0.05) is 32.1 Å². The van der Waals surface area contributed by atoms with Crippen LogP contribution in [0.3, 0.4) is 0 Å². The van der Waals surface area contributed by atoms with Crippen LogP contribution < -0.4 is 10.1 Å². The minimum atomic E-state index is -0.786. The largest absolute Gasteiger partial charge is 0.497 e. The van der Waals surface area contributed by atoms with Crippen molar-refractivity contribution < 1.29 is 57.3 Å². The highest BCUT2D eigenvalue weighted by atomic mass is 16.7. The lowest BCUT2D eigenvalue weighted by molar-refractivity contribution is -0.314. The minimum absolute atomic E-state index is 0.00795. The van der Waals surface area contributed by atoms with Gasteiger partial charge in [-0.05, 0) is 126 Å². The van der Waals surface area contributed by atoms with Crippen molar-refractivity contribution in [2.75, 3.05) is 42.5 Å². The first-order chi connectivity index (χ1) is 30.3. The second kappa shape index (κ2) is 21.4. The Bertz CT molecular complexity index is 1690. The minimum Gasteiger partial charge on any atom is -0.497 e. The summed E-state index contributed by atoms with van der Waals surface area (Å²) in [7, 11) is 10.7. The van der Waals surface area contributed by atoms with Crippen LogP contribution in [0, 0.1) is 35.5 Å². The Morgan fingerprint density at radius 3 is 2.21 bits per heavy atom. The normalized spacial score (nSPS) is 42.3. The van der Waals surface area contributed by atoms with E-state index in [1.807, 2.05) is 45.0 Å². The van der Waals surface area contributed by atoms with Gasteiger partial charge in [0.2, 0.25) is 0 Å². The van der Waals surface area contributed by atoms with E-state index in [1.165, 1.54) is 0 Å². The number of Topliss-reactive ketones (excluding diaryl/α,β-unsaturated/α-hetero) is 1. The highest BCUT2D eigenvalue weighted by molar-refractivity contribution is 5.99. The number of ether oxygens (including phenoxy) is 9. The van der Waals surface area contributed by atoms with Gasteiger partial charge in [0.05, 0.1) is 44.1 Å². The van der Waals surface area contributed by atoms with Crippen molar-refractivity contribution in [3.63, 3.8) is 0 Å². The molecule has 6 aliphatic rings. The number of rotatable bonds is 13. The maximum Gasteiger partial charge on any atom is 0.306 e. The summed E-state index contributed by atoms with van der Waals surface area (Å²) in [4.78, 5) is 31.5. The average Bonchev–Trinajstić information content (AvgIpc) is 3.86. The Morgan fingerprint density at radius 1 is 0.841 bits per heavy atom. The Hall–Kier alpha value is -2.50. The van der Waals surface area contributed by atoms with Crippen LogP contribution in [0.25, 0.3) is 0 Å². The van der Waals surface area contributed by atoms with Gasteiger partial charge in [0, 0.05) is 51.8 Å². The Balaban J connectivity index is 1.20. The smallest absolute Gasteiger partial charge is 0.306 e. The standard InChI is InChI=1S/C49H76N2O12/c1-11-30-13-12-14-39(63-41-20-19-38(51(5)6)27(3)59-41)26(2)44(53)37-23-34-33-21-32(62-49-48(58-10)47(57-9)46(56-8)28(4)60-49)22-36(33)45(54)43(42(34)35(37)24-40(52)61-30)50-25-29-15-17-31(55-7)18-16-29/h15-18,23,26-28,30,32-36,38-39,41-43,45-50,54H,11-14,19-22,24-25H2,1-10H3/t26-,27?,28?,30+,32+,33+,34+,35-,36-,38+,39+,41+,42-,43-,45-,46+,47-,48?,49+/m1/s1. The topological polar surface area (TPSA) is 153 Å². The third-order valence-corrected chi connectivity index (χ3v) is 15.6. The highest BCUT2D eigenvalue weighted by Gasteiger charge is 2.59. The number of cyclic esters (lactones) is 1. The predicted molar refractivity (Wildman–Crippen MR) is 235 cm³/mol. The van der Waals surface area contributed by atoms with Gasteiger partial charge in [0.1, 0.15) is 30.2 Å². The number of hydrogen-bond donors (Lipinski definition) is 2. The van der Waals surface area contributed by atoms with E-state index in [4.69, 9.17) is 42.6 Å². The summed E-state index contributed by atoms with van der Waals surface area (Å²) in [5.74, 6) is -1.05. The van der Waals surface area contributed by atoms with Gasteiger partial charge in [0.15, 0.2) is 18.4 Å². The second-order valence-corrected chi connectivity index (χ2v) is 19.4. The van der Waals surface area contributed by atoms with Gasteiger partial charge < -0.3 is 58.0 Å². The zero-order valence-corrected chi connectivity index (χ0v) is 39.3. The molecule has 0 amide bonds. The Kier molecular flexibility index (Phi) is 16.5. The Morgan fingerprint density at radius 2 is 1.56 bits per heavy atom. The number of carbonyl (C=O) groups excluding carboxylic acids is 2. The van der Waals surface area contributed by atoms with Crippen LogP contribution in [0.5, 0.6) is 5.75 Å². The number of nitrogens with zero attached hydrogens (tertiary/aromatic N) is 1. The first kappa shape index (κ1) is 48.4. The number of aliphatic hydroxyl groups is 1.